The summed E-state index contributed by atoms with van der Waals surface area (Å²) in [5.74, 6) is -0.337. The molecule has 0 radical (unpaired) electrons. The van der Waals surface area contributed by atoms with Crippen molar-refractivity contribution in [1.82, 2.24) is 14.9 Å². The fraction of sp³-hybridized carbons (Fsp3) is 0.143. The van der Waals surface area contributed by atoms with Gasteiger partial charge in [0.15, 0.2) is 0 Å². The summed E-state index contributed by atoms with van der Waals surface area (Å²) < 4.78 is 32.1. The first-order valence-corrected chi connectivity index (χ1v) is 9.53. The highest BCUT2D eigenvalue weighted by Crippen LogP contribution is 2.26. The predicted molar refractivity (Wildman–Crippen MR) is 109 cm³/mol. The molecule has 0 unspecified atom stereocenters. The van der Waals surface area contributed by atoms with Gasteiger partial charge in [0.1, 0.15) is 5.75 Å². The second-order valence-corrected chi connectivity index (χ2v) is 7.08. The Labute approximate surface area is 175 Å². The maximum absolute atomic E-state index is 12.5. The van der Waals surface area contributed by atoms with Gasteiger partial charge in [-0.2, -0.15) is 8.78 Å². The molecule has 1 aromatic heterocycles. The van der Waals surface area contributed by atoms with Crippen LogP contribution in [0.3, 0.4) is 0 Å². The molecule has 0 aliphatic heterocycles. The van der Waals surface area contributed by atoms with Crippen molar-refractivity contribution < 1.29 is 18.3 Å². The third-order valence-corrected chi connectivity index (χ3v) is 4.51. The summed E-state index contributed by atoms with van der Waals surface area (Å²) in [5, 5.41) is 2.77. The summed E-state index contributed by atoms with van der Waals surface area (Å²) >= 11 is 3.27. The zero-order valence-corrected chi connectivity index (χ0v) is 16.9. The molecule has 0 saturated carbocycles. The Balaban J connectivity index is 1.55. The summed E-state index contributed by atoms with van der Waals surface area (Å²) in [6.07, 6.45) is 8.10. The molecule has 0 fully saturated rings. The van der Waals surface area contributed by atoms with Gasteiger partial charge in [-0.3, -0.25) is 4.79 Å². The molecule has 150 valence electrons. The van der Waals surface area contributed by atoms with Gasteiger partial charge in [-0.1, -0.05) is 40.2 Å². The van der Waals surface area contributed by atoms with Crippen molar-refractivity contribution in [2.75, 3.05) is 0 Å². The van der Waals surface area contributed by atoms with Gasteiger partial charge in [0.05, 0.1) is 6.33 Å². The molecule has 2 aromatic carbocycles. The van der Waals surface area contributed by atoms with Gasteiger partial charge in [0.25, 0.3) is 0 Å². The summed E-state index contributed by atoms with van der Waals surface area (Å²) in [6.45, 7) is -1.85. The van der Waals surface area contributed by atoms with Crippen LogP contribution in [-0.2, 0) is 17.9 Å². The summed E-state index contributed by atoms with van der Waals surface area (Å²) in [7, 11) is 0. The van der Waals surface area contributed by atoms with Crippen LogP contribution >= 0.6 is 15.9 Å². The van der Waals surface area contributed by atoms with Gasteiger partial charge in [-0.25, -0.2) is 4.98 Å². The van der Waals surface area contributed by atoms with Gasteiger partial charge < -0.3 is 14.6 Å². The van der Waals surface area contributed by atoms with E-state index in [9.17, 15) is 13.6 Å². The highest BCUT2D eigenvalue weighted by molar-refractivity contribution is 9.10. The van der Waals surface area contributed by atoms with Crippen LogP contribution in [0.5, 0.6) is 5.75 Å². The number of carbonyl (C=O) groups excluding carboxylic acids is 1. The smallest absolute Gasteiger partial charge is 0.387 e. The number of ether oxygens (including phenoxy) is 1. The standard InChI is InChI=1S/C21H18BrF2N3O2/c22-18-6-7-19(29-21(23)24)17(11-18)5-8-20(28)26-12-15-1-3-16(4-2-15)13-27-10-9-25-14-27/h1-11,14,21H,12-13H2,(H,26,28)/b8-5+. The average Bonchev–Trinajstić information content (AvgIpc) is 3.20. The van der Waals surface area contributed by atoms with Crippen molar-refractivity contribution in [3.8, 4) is 5.75 Å². The molecule has 1 amide bonds. The molecule has 0 aliphatic rings. The molecule has 0 saturated heterocycles. The molecule has 1 heterocycles. The number of imidazole rings is 1. The SMILES string of the molecule is O=C(/C=C/c1cc(Br)ccc1OC(F)F)NCc1ccc(Cn2ccnc2)cc1. The number of alkyl halides is 2. The molecule has 8 heteroatoms. The van der Waals surface area contributed by atoms with E-state index in [1.807, 2.05) is 35.0 Å². The molecule has 0 atom stereocenters. The number of nitrogens with one attached hydrogen (secondary N) is 1. The molecule has 1 N–H and O–H groups in total. The molecular weight excluding hydrogens is 444 g/mol. The van der Waals surface area contributed by atoms with E-state index in [0.717, 1.165) is 17.7 Å². The number of hydrogen-bond donors (Lipinski definition) is 1. The predicted octanol–water partition coefficient (Wildman–Crippen LogP) is 4.62. The van der Waals surface area contributed by atoms with E-state index in [-0.39, 0.29) is 11.7 Å². The van der Waals surface area contributed by atoms with Crippen LogP contribution < -0.4 is 10.1 Å². The van der Waals surface area contributed by atoms with E-state index in [1.165, 1.54) is 18.2 Å². The fourth-order valence-electron chi connectivity index (χ4n) is 2.62. The highest BCUT2D eigenvalue weighted by Gasteiger charge is 2.09. The van der Waals surface area contributed by atoms with Crippen molar-refractivity contribution in [2.24, 2.45) is 0 Å². The zero-order valence-electron chi connectivity index (χ0n) is 15.3. The minimum Gasteiger partial charge on any atom is -0.434 e. The largest absolute Gasteiger partial charge is 0.434 e. The number of amides is 1. The van der Waals surface area contributed by atoms with Crippen molar-refractivity contribution in [1.29, 1.82) is 0 Å². The van der Waals surface area contributed by atoms with Gasteiger partial charge in [-0.15, -0.1) is 0 Å². The fourth-order valence-corrected chi connectivity index (χ4v) is 3.00. The minimum absolute atomic E-state index is 0.000677. The summed E-state index contributed by atoms with van der Waals surface area (Å²) in [5.41, 5.74) is 2.45. The Kier molecular flexibility index (Phi) is 7.13. The molecule has 0 spiro atoms. The topological polar surface area (TPSA) is 56.1 Å². The van der Waals surface area contributed by atoms with E-state index < -0.39 is 6.61 Å². The lowest BCUT2D eigenvalue weighted by molar-refractivity contribution is -0.116. The van der Waals surface area contributed by atoms with Gasteiger partial charge in [-0.05, 0) is 35.4 Å². The minimum atomic E-state index is -2.94. The van der Waals surface area contributed by atoms with E-state index in [0.29, 0.717) is 16.6 Å². The second kappa shape index (κ2) is 9.97. The van der Waals surface area contributed by atoms with Crippen LogP contribution in [0.2, 0.25) is 0 Å². The van der Waals surface area contributed by atoms with Gasteiger partial charge >= 0.3 is 6.61 Å². The average molecular weight is 462 g/mol. The number of aromatic nitrogens is 2. The number of rotatable bonds is 8. The Morgan fingerprint density at radius 2 is 1.97 bits per heavy atom. The number of carbonyl (C=O) groups is 1. The lowest BCUT2D eigenvalue weighted by Crippen LogP contribution is -2.20. The van der Waals surface area contributed by atoms with Crippen LogP contribution in [0.25, 0.3) is 6.08 Å². The van der Waals surface area contributed by atoms with Gasteiger partial charge in [0, 0.05) is 41.6 Å². The van der Waals surface area contributed by atoms with Crippen LogP contribution in [0.1, 0.15) is 16.7 Å². The number of hydrogen-bond acceptors (Lipinski definition) is 3. The lowest BCUT2D eigenvalue weighted by atomic mass is 10.1. The van der Waals surface area contributed by atoms with Crippen molar-refractivity contribution in [3.05, 3.63) is 88.4 Å². The maximum Gasteiger partial charge on any atom is 0.387 e. The Morgan fingerprint density at radius 1 is 1.21 bits per heavy atom. The number of benzene rings is 2. The Morgan fingerprint density at radius 3 is 2.66 bits per heavy atom. The lowest BCUT2D eigenvalue weighted by Gasteiger charge is -2.08. The maximum atomic E-state index is 12.5. The molecule has 0 bridgehead atoms. The summed E-state index contributed by atoms with van der Waals surface area (Å²) in [6, 6.07) is 12.5. The third kappa shape index (κ3) is 6.53. The first kappa shape index (κ1) is 20.7. The van der Waals surface area contributed by atoms with Crippen molar-refractivity contribution in [2.45, 2.75) is 19.7 Å². The van der Waals surface area contributed by atoms with Crippen LogP contribution in [-0.4, -0.2) is 22.1 Å². The van der Waals surface area contributed by atoms with Crippen molar-refractivity contribution >= 4 is 27.9 Å². The second-order valence-electron chi connectivity index (χ2n) is 6.16. The molecular formula is C21H18BrF2N3O2. The Bertz CT molecular complexity index is 974. The molecule has 5 nitrogen and oxygen atoms in total. The van der Waals surface area contributed by atoms with Crippen LogP contribution in [0.15, 0.2) is 71.7 Å². The van der Waals surface area contributed by atoms with E-state index >= 15 is 0 Å². The molecule has 29 heavy (non-hydrogen) atoms. The van der Waals surface area contributed by atoms with E-state index in [2.05, 4.69) is 31.0 Å². The first-order valence-electron chi connectivity index (χ1n) is 8.73. The number of nitrogens with zero attached hydrogens (tertiary/aromatic N) is 2. The quantitative estimate of drug-likeness (QED) is 0.497. The van der Waals surface area contributed by atoms with E-state index in [4.69, 9.17) is 0 Å². The van der Waals surface area contributed by atoms with Crippen molar-refractivity contribution in [3.63, 3.8) is 0 Å². The molecule has 0 aliphatic carbocycles. The van der Waals surface area contributed by atoms with Crippen LogP contribution in [0, 0.1) is 0 Å². The number of halogens is 3. The highest BCUT2D eigenvalue weighted by atomic mass is 79.9. The van der Waals surface area contributed by atoms with E-state index in [1.54, 1.807) is 24.7 Å². The monoisotopic (exact) mass is 461 g/mol. The third-order valence-electron chi connectivity index (χ3n) is 4.02. The zero-order chi connectivity index (χ0) is 20.6. The Hall–Kier alpha value is -3.00. The van der Waals surface area contributed by atoms with Gasteiger partial charge in [0.2, 0.25) is 5.91 Å². The molecule has 3 rings (SSSR count). The van der Waals surface area contributed by atoms with Crippen LogP contribution in [0.4, 0.5) is 8.78 Å². The first-order chi connectivity index (χ1) is 14.0. The summed E-state index contributed by atoms with van der Waals surface area (Å²) in [4.78, 5) is 16.1. The molecule has 3 aromatic rings. The normalized spacial score (nSPS) is 11.2.